The molecule has 1 fully saturated rings. The zero-order valence-corrected chi connectivity index (χ0v) is 18.3. The number of halogens is 3. The Morgan fingerprint density at radius 2 is 1.59 bits per heavy atom. The Morgan fingerprint density at radius 3 is 2.21 bits per heavy atom. The average molecular weight is 473 g/mol. The molecule has 0 aliphatic carbocycles. The van der Waals surface area contributed by atoms with Crippen LogP contribution in [0.25, 0.3) is 0 Å². The van der Waals surface area contributed by atoms with Gasteiger partial charge in [0.1, 0.15) is 17.2 Å². The summed E-state index contributed by atoms with van der Waals surface area (Å²) in [5.74, 6) is 1.47. The second-order valence-electron chi connectivity index (χ2n) is 7.47. The number of benzene rings is 2. The minimum atomic E-state index is -4.46. The van der Waals surface area contributed by atoms with Crippen LogP contribution < -0.4 is 19.1 Å². The van der Waals surface area contributed by atoms with Crippen molar-refractivity contribution in [2.75, 3.05) is 38.2 Å². The third-order valence-corrected chi connectivity index (χ3v) is 5.28. The quantitative estimate of drug-likeness (QED) is 0.506. The average Bonchev–Trinajstić information content (AvgIpc) is 2.85. The zero-order chi connectivity index (χ0) is 24.1. The van der Waals surface area contributed by atoms with Gasteiger partial charge >= 0.3 is 12.3 Å². The van der Waals surface area contributed by atoms with Gasteiger partial charge in [-0.2, -0.15) is 13.2 Å². The lowest BCUT2D eigenvalue weighted by Gasteiger charge is -2.35. The highest BCUT2D eigenvalue weighted by molar-refractivity contribution is 5.71. The number of carbonyl (C=O) groups is 1. The number of para-hydroxylation sites is 2. The van der Waals surface area contributed by atoms with Crippen molar-refractivity contribution in [1.82, 2.24) is 9.88 Å². The first-order valence-corrected chi connectivity index (χ1v) is 10.5. The molecule has 1 aliphatic heterocycles. The lowest BCUT2D eigenvalue weighted by molar-refractivity contribution is -0.137. The van der Waals surface area contributed by atoms with Crippen LogP contribution in [-0.2, 0) is 6.18 Å². The normalized spacial score (nSPS) is 14.0. The minimum Gasteiger partial charge on any atom is -0.495 e. The number of aromatic nitrogens is 1. The van der Waals surface area contributed by atoms with E-state index < -0.39 is 17.8 Å². The molecule has 1 saturated heterocycles. The first-order chi connectivity index (χ1) is 16.3. The van der Waals surface area contributed by atoms with Gasteiger partial charge in [0.05, 0.1) is 18.4 Å². The lowest BCUT2D eigenvalue weighted by atomic mass is 10.2. The van der Waals surface area contributed by atoms with Crippen molar-refractivity contribution in [2.24, 2.45) is 0 Å². The van der Waals surface area contributed by atoms with Crippen LogP contribution in [0.3, 0.4) is 0 Å². The molecule has 4 rings (SSSR count). The third-order valence-electron chi connectivity index (χ3n) is 5.28. The van der Waals surface area contributed by atoms with Gasteiger partial charge in [-0.25, -0.2) is 9.78 Å². The summed E-state index contributed by atoms with van der Waals surface area (Å²) in [7, 11) is 1.63. The molecule has 0 unspecified atom stereocenters. The Morgan fingerprint density at radius 1 is 0.912 bits per heavy atom. The fourth-order valence-corrected chi connectivity index (χ4v) is 3.49. The fourth-order valence-electron chi connectivity index (χ4n) is 3.49. The molecule has 10 heteroatoms. The second kappa shape index (κ2) is 9.90. The van der Waals surface area contributed by atoms with E-state index in [1.165, 1.54) is 0 Å². The van der Waals surface area contributed by atoms with E-state index >= 15 is 0 Å². The largest absolute Gasteiger partial charge is 0.495 e. The molecule has 0 spiro atoms. The van der Waals surface area contributed by atoms with Gasteiger partial charge in [-0.3, -0.25) is 0 Å². The molecule has 7 nitrogen and oxygen atoms in total. The van der Waals surface area contributed by atoms with E-state index in [-0.39, 0.29) is 5.88 Å². The van der Waals surface area contributed by atoms with E-state index in [2.05, 4.69) is 9.88 Å². The molecule has 1 amide bonds. The molecule has 0 radical (unpaired) electrons. The summed E-state index contributed by atoms with van der Waals surface area (Å²) in [5.41, 5.74) is 0.127. The molecular formula is C24H22F3N3O4. The van der Waals surface area contributed by atoms with Gasteiger partial charge in [0.25, 0.3) is 0 Å². The summed E-state index contributed by atoms with van der Waals surface area (Å²) < 4.78 is 54.2. The number of pyridine rings is 1. The highest BCUT2D eigenvalue weighted by atomic mass is 19.4. The van der Waals surface area contributed by atoms with E-state index in [0.29, 0.717) is 43.9 Å². The van der Waals surface area contributed by atoms with E-state index in [1.807, 2.05) is 24.3 Å². The number of methoxy groups -OCH3 is 1. The number of anilines is 1. The number of ether oxygens (including phenoxy) is 3. The smallest absolute Gasteiger partial charge is 0.417 e. The third kappa shape index (κ3) is 5.51. The van der Waals surface area contributed by atoms with Crippen molar-refractivity contribution in [3.63, 3.8) is 0 Å². The first kappa shape index (κ1) is 23.2. The number of rotatable bonds is 5. The maximum atomic E-state index is 12.6. The minimum absolute atomic E-state index is 0.0191. The predicted molar refractivity (Wildman–Crippen MR) is 119 cm³/mol. The maximum Gasteiger partial charge on any atom is 0.417 e. The number of carbonyl (C=O) groups excluding carboxylic acids is 1. The van der Waals surface area contributed by atoms with Crippen LogP contribution in [0, 0.1) is 0 Å². The molecule has 0 N–H and O–H groups in total. The van der Waals surface area contributed by atoms with E-state index in [1.54, 1.807) is 36.3 Å². The number of alkyl halides is 3. The van der Waals surface area contributed by atoms with Crippen LogP contribution in [0.2, 0.25) is 0 Å². The van der Waals surface area contributed by atoms with Crippen LogP contribution in [-0.4, -0.2) is 49.3 Å². The highest BCUT2D eigenvalue weighted by Gasteiger charge is 2.30. The van der Waals surface area contributed by atoms with Gasteiger partial charge in [-0.05, 0) is 42.5 Å². The number of amides is 1. The Balaban J connectivity index is 1.29. The Hall–Kier alpha value is -3.95. The van der Waals surface area contributed by atoms with Crippen molar-refractivity contribution in [3.8, 4) is 23.1 Å². The van der Waals surface area contributed by atoms with Crippen LogP contribution in [0.4, 0.5) is 23.7 Å². The van der Waals surface area contributed by atoms with Crippen LogP contribution in [0.5, 0.6) is 23.1 Å². The first-order valence-electron chi connectivity index (χ1n) is 10.5. The van der Waals surface area contributed by atoms with E-state index in [0.717, 1.165) is 23.6 Å². The molecule has 1 aromatic heterocycles. The molecule has 1 aliphatic rings. The number of hydrogen-bond donors (Lipinski definition) is 0. The number of piperazine rings is 1. The van der Waals surface area contributed by atoms with Crippen LogP contribution in [0.1, 0.15) is 5.56 Å². The summed E-state index contributed by atoms with van der Waals surface area (Å²) in [6, 6.07) is 15.9. The molecule has 3 aromatic rings. The van der Waals surface area contributed by atoms with Gasteiger partial charge in [0.15, 0.2) is 0 Å². The summed E-state index contributed by atoms with van der Waals surface area (Å²) >= 11 is 0. The van der Waals surface area contributed by atoms with Gasteiger partial charge in [-0.15, -0.1) is 0 Å². The lowest BCUT2D eigenvalue weighted by Crippen LogP contribution is -2.49. The molecule has 178 valence electrons. The van der Waals surface area contributed by atoms with Gasteiger partial charge in [0, 0.05) is 38.4 Å². The van der Waals surface area contributed by atoms with Gasteiger partial charge < -0.3 is 24.0 Å². The van der Waals surface area contributed by atoms with Gasteiger partial charge in [-0.1, -0.05) is 12.1 Å². The SMILES string of the molecule is COc1ccccc1N1CCN(C(=O)Oc2ccc(Oc3ccc(C(F)(F)F)cn3)cc2)CC1. The Kier molecular flexibility index (Phi) is 6.76. The number of hydrogen-bond acceptors (Lipinski definition) is 6. The fraction of sp³-hybridized carbons (Fsp3) is 0.250. The zero-order valence-electron chi connectivity index (χ0n) is 18.3. The van der Waals surface area contributed by atoms with Crippen molar-refractivity contribution in [2.45, 2.75) is 6.18 Å². The molecule has 2 heterocycles. The summed E-state index contributed by atoms with van der Waals surface area (Å²) in [6.45, 7) is 2.28. The van der Waals surface area contributed by atoms with Crippen LogP contribution >= 0.6 is 0 Å². The molecule has 0 saturated carbocycles. The standard InChI is InChI=1S/C24H22F3N3O4/c1-32-21-5-3-2-4-20(21)29-12-14-30(15-13-29)23(31)34-19-9-7-18(8-10-19)33-22-11-6-17(16-28-22)24(25,26)27/h2-11,16H,12-15H2,1H3. The van der Waals surface area contributed by atoms with Crippen molar-refractivity contribution < 1.29 is 32.2 Å². The van der Waals surface area contributed by atoms with E-state index in [4.69, 9.17) is 14.2 Å². The molecule has 0 atom stereocenters. The predicted octanol–water partition coefficient (Wildman–Crippen LogP) is 5.22. The Labute approximate surface area is 194 Å². The maximum absolute atomic E-state index is 12.6. The van der Waals surface area contributed by atoms with Crippen molar-refractivity contribution >= 4 is 11.8 Å². The van der Waals surface area contributed by atoms with Crippen molar-refractivity contribution in [3.05, 3.63) is 72.4 Å². The molecule has 2 aromatic carbocycles. The van der Waals surface area contributed by atoms with Crippen molar-refractivity contribution in [1.29, 1.82) is 0 Å². The Bertz CT molecular complexity index is 1110. The van der Waals surface area contributed by atoms with E-state index in [9.17, 15) is 18.0 Å². The molecular weight excluding hydrogens is 451 g/mol. The number of nitrogens with zero attached hydrogens (tertiary/aromatic N) is 3. The van der Waals surface area contributed by atoms with Crippen LogP contribution in [0.15, 0.2) is 66.9 Å². The highest BCUT2D eigenvalue weighted by Crippen LogP contribution is 2.31. The second-order valence-corrected chi connectivity index (χ2v) is 7.47. The topological polar surface area (TPSA) is 64.1 Å². The van der Waals surface area contributed by atoms with Gasteiger partial charge in [0.2, 0.25) is 5.88 Å². The summed E-state index contributed by atoms with van der Waals surface area (Å²) in [4.78, 5) is 20.0. The summed E-state index contributed by atoms with van der Waals surface area (Å²) in [6.07, 6.45) is -4.21. The molecule has 34 heavy (non-hydrogen) atoms. The molecule has 0 bridgehead atoms. The monoisotopic (exact) mass is 473 g/mol. The summed E-state index contributed by atoms with van der Waals surface area (Å²) in [5, 5.41) is 0.